The fraction of sp³-hybridized carbons (Fsp3) is 0.579. The Morgan fingerprint density at radius 1 is 1.14 bits per heavy atom. The van der Waals surface area contributed by atoms with Crippen molar-refractivity contribution < 1.29 is 27.5 Å². The Morgan fingerprint density at radius 2 is 1.79 bits per heavy atom. The van der Waals surface area contributed by atoms with Crippen LogP contribution in [0.15, 0.2) is 18.2 Å². The number of ether oxygens (including phenoxy) is 1. The fourth-order valence-electron chi connectivity index (χ4n) is 3.06. The second-order valence-corrected chi connectivity index (χ2v) is 6.62. The smallest absolute Gasteiger partial charge is 0.462 e. The summed E-state index contributed by atoms with van der Waals surface area (Å²) in [6.45, 7) is 8.11. The van der Waals surface area contributed by atoms with Crippen LogP contribution in [0, 0.1) is 0 Å². The van der Waals surface area contributed by atoms with Crippen LogP contribution in [-0.2, 0) is 9.53 Å². The predicted octanol–water partition coefficient (Wildman–Crippen LogP) is 2.92. The van der Waals surface area contributed by atoms with E-state index < -0.39 is 18.1 Å². The lowest BCUT2D eigenvalue weighted by Crippen LogP contribution is -2.46. The normalized spacial score (nSPS) is 15.4. The van der Waals surface area contributed by atoms with E-state index in [1.165, 1.54) is 12.1 Å². The molecule has 1 saturated heterocycles. The van der Waals surface area contributed by atoms with Crippen molar-refractivity contribution in [3.05, 3.63) is 23.8 Å². The molecular formula is C19H26F3N3O3. The van der Waals surface area contributed by atoms with E-state index in [2.05, 4.69) is 11.8 Å². The molecular weight excluding hydrogens is 375 g/mol. The van der Waals surface area contributed by atoms with Crippen LogP contribution < -0.4 is 9.80 Å². The minimum atomic E-state index is -4.99. The molecule has 0 aliphatic carbocycles. The average Bonchev–Trinajstić information content (AvgIpc) is 2.69. The standard InChI is InChI=1S/C19H26F3N3O3/c1-4-12-28-17(26)15-13-14(23(3)18(27)19(20,21)22)6-7-16(15)25-10-8-24(5-2)9-11-25/h6-7,13H,4-5,8-12H2,1-3H3. The summed E-state index contributed by atoms with van der Waals surface area (Å²) in [6, 6.07) is 4.30. The predicted molar refractivity (Wildman–Crippen MR) is 101 cm³/mol. The molecule has 1 amide bonds. The largest absolute Gasteiger partial charge is 0.471 e. The monoisotopic (exact) mass is 401 g/mol. The van der Waals surface area contributed by atoms with E-state index in [0.717, 1.165) is 26.7 Å². The van der Waals surface area contributed by atoms with Gasteiger partial charge in [0.15, 0.2) is 0 Å². The molecule has 0 N–H and O–H groups in total. The average molecular weight is 401 g/mol. The number of nitrogens with zero attached hydrogens (tertiary/aromatic N) is 3. The summed E-state index contributed by atoms with van der Waals surface area (Å²) in [5, 5.41) is 0. The Balaban J connectivity index is 2.34. The van der Waals surface area contributed by atoms with Crippen LogP contribution in [0.4, 0.5) is 24.5 Å². The van der Waals surface area contributed by atoms with Crippen molar-refractivity contribution in [2.24, 2.45) is 0 Å². The third-order valence-corrected chi connectivity index (χ3v) is 4.73. The topological polar surface area (TPSA) is 53.1 Å². The van der Waals surface area contributed by atoms with Crippen LogP contribution >= 0.6 is 0 Å². The first-order valence-corrected chi connectivity index (χ1v) is 9.32. The van der Waals surface area contributed by atoms with Crippen molar-refractivity contribution in [1.82, 2.24) is 4.90 Å². The van der Waals surface area contributed by atoms with Gasteiger partial charge in [0.05, 0.1) is 17.9 Å². The number of benzene rings is 1. The number of esters is 1. The highest BCUT2D eigenvalue weighted by Crippen LogP contribution is 2.30. The first-order chi connectivity index (χ1) is 13.2. The highest BCUT2D eigenvalue weighted by atomic mass is 19.4. The number of carbonyl (C=O) groups is 2. The molecule has 1 aliphatic rings. The molecule has 1 fully saturated rings. The number of hydrogen-bond donors (Lipinski definition) is 0. The number of piperazine rings is 1. The van der Waals surface area contributed by atoms with Gasteiger partial charge in [-0.2, -0.15) is 13.2 Å². The highest BCUT2D eigenvalue weighted by molar-refractivity contribution is 6.01. The van der Waals surface area contributed by atoms with E-state index in [-0.39, 0.29) is 17.9 Å². The van der Waals surface area contributed by atoms with Gasteiger partial charge in [0.2, 0.25) is 0 Å². The number of alkyl halides is 3. The second-order valence-electron chi connectivity index (χ2n) is 6.62. The number of halogens is 3. The van der Waals surface area contributed by atoms with Gasteiger partial charge in [0, 0.05) is 38.9 Å². The first kappa shape index (κ1) is 22.0. The molecule has 0 unspecified atom stereocenters. The van der Waals surface area contributed by atoms with Crippen molar-refractivity contribution >= 4 is 23.3 Å². The molecule has 2 rings (SSSR count). The van der Waals surface area contributed by atoms with Crippen molar-refractivity contribution in [3.63, 3.8) is 0 Å². The molecule has 1 heterocycles. The molecule has 0 spiro atoms. The zero-order chi connectivity index (χ0) is 20.9. The van der Waals surface area contributed by atoms with Crippen molar-refractivity contribution in [2.45, 2.75) is 26.4 Å². The number of carbonyl (C=O) groups excluding carboxylic acids is 2. The van der Waals surface area contributed by atoms with E-state index in [1.807, 2.05) is 11.8 Å². The van der Waals surface area contributed by atoms with E-state index in [4.69, 9.17) is 4.74 Å². The van der Waals surface area contributed by atoms with Crippen LogP contribution in [0.1, 0.15) is 30.6 Å². The number of amides is 1. The molecule has 1 aliphatic heterocycles. The summed E-state index contributed by atoms with van der Waals surface area (Å²) in [5.74, 6) is -2.60. The minimum absolute atomic E-state index is 0.0123. The summed E-state index contributed by atoms with van der Waals surface area (Å²) >= 11 is 0. The third-order valence-electron chi connectivity index (χ3n) is 4.73. The Kier molecular flexibility index (Phi) is 7.29. The summed E-state index contributed by atoms with van der Waals surface area (Å²) in [7, 11) is 1.03. The lowest BCUT2D eigenvalue weighted by molar-refractivity contribution is -0.170. The van der Waals surface area contributed by atoms with Crippen LogP contribution in [0.5, 0.6) is 0 Å². The van der Waals surface area contributed by atoms with E-state index >= 15 is 0 Å². The van der Waals surface area contributed by atoms with Gasteiger partial charge in [0.1, 0.15) is 0 Å². The van der Waals surface area contributed by atoms with Crippen LogP contribution in [0.25, 0.3) is 0 Å². The quantitative estimate of drug-likeness (QED) is 0.686. The Bertz CT molecular complexity index is 701. The third kappa shape index (κ3) is 5.15. The molecule has 28 heavy (non-hydrogen) atoms. The molecule has 156 valence electrons. The maximum atomic E-state index is 12.8. The molecule has 0 atom stereocenters. The van der Waals surface area contributed by atoms with E-state index in [0.29, 0.717) is 30.1 Å². The number of rotatable bonds is 6. The number of anilines is 2. The maximum Gasteiger partial charge on any atom is 0.471 e. The highest BCUT2D eigenvalue weighted by Gasteiger charge is 2.42. The number of likely N-dealkylation sites (N-methyl/N-ethyl adjacent to an activating group) is 1. The van der Waals surface area contributed by atoms with Gasteiger partial charge >= 0.3 is 18.1 Å². The molecule has 1 aromatic carbocycles. The fourth-order valence-corrected chi connectivity index (χ4v) is 3.06. The molecule has 0 radical (unpaired) electrons. The second kappa shape index (κ2) is 9.27. The summed E-state index contributed by atoms with van der Waals surface area (Å²) in [6.07, 6.45) is -4.37. The van der Waals surface area contributed by atoms with Gasteiger partial charge in [-0.15, -0.1) is 0 Å². The van der Waals surface area contributed by atoms with Crippen molar-refractivity contribution in [3.8, 4) is 0 Å². The molecule has 0 saturated carbocycles. The Morgan fingerprint density at radius 3 is 2.32 bits per heavy atom. The van der Waals surface area contributed by atoms with Crippen molar-refractivity contribution in [1.29, 1.82) is 0 Å². The van der Waals surface area contributed by atoms with Gasteiger partial charge in [-0.3, -0.25) is 4.79 Å². The molecule has 0 bridgehead atoms. The van der Waals surface area contributed by atoms with Crippen LogP contribution in [0.2, 0.25) is 0 Å². The Labute approximate surface area is 162 Å². The van der Waals surface area contributed by atoms with Crippen LogP contribution in [-0.4, -0.2) is 69.3 Å². The number of hydrogen-bond acceptors (Lipinski definition) is 5. The minimum Gasteiger partial charge on any atom is -0.462 e. The lowest BCUT2D eigenvalue weighted by atomic mass is 10.1. The van der Waals surface area contributed by atoms with Gasteiger partial charge < -0.3 is 19.4 Å². The van der Waals surface area contributed by atoms with E-state index in [1.54, 1.807) is 6.07 Å². The van der Waals surface area contributed by atoms with Crippen molar-refractivity contribution in [2.75, 3.05) is 56.2 Å². The zero-order valence-electron chi connectivity index (χ0n) is 16.4. The summed E-state index contributed by atoms with van der Waals surface area (Å²) in [5.41, 5.74) is 0.757. The molecule has 9 heteroatoms. The molecule has 0 aromatic heterocycles. The van der Waals surface area contributed by atoms with Gasteiger partial charge in [0.25, 0.3) is 0 Å². The summed E-state index contributed by atoms with van der Waals surface area (Å²) in [4.78, 5) is 28.9. The summed E-state index contributed by atoms with van der Waals surface area (Å²) < 4.78 is 43.5. The van der Waals surface area contributed by atoms with Gasteiger partial charge in [-0.05, 0) is 31.2 Å². The zero-order valence-corrected chi connectivity index (χ0v) is 16.4. The molecule has 6 nitrogen and oxygen atoms in total. The maximum absolute atomic E-state index is 12.8. The SMILES string of the molecule is CCCOC(=O)c1cc(N(C)C(=O)C(F)(F)F)ccc1N1CCN(CC)CC1. The Hall–Kier alpha value is -2.29. The van der Waals surface area contributed by atoms with E-state index in [9.17, 15) is 22.8 Å². The first-order valence-electron chi connectivity index (χ1n) is 9.32. The van der Waals surface area contributed by atoms with Gasteiger partial charge in [-0.1, -0.05) is 13.8 Å². The molecule has 1 aromatic rings. The lowest BCUT2D eigenvalue weighted by Gasteiger charge is -2.36. The van der Waals surface area contributed by atoms with Gasteiger partial charge in [-0.25, -0.2) is 4.79 Å². The van der Waals surface area contributed by atoms with Crippen LogP contribution in [0.3, 0.4) is 0 Å².